The second-order valence-electron chi connectivity index (χ2n) is 3.52. The fourth-order valence-corrected chi connectivity index (χ4v) is 1.32. The van der Waals surface area contributed by atoms with Gasteiger partial charge in [0, 0.05) is 20.1 Å². The van der Waals surface area contributed by atoms with E-state index in [-0.39, 0.29) is 0 Å². The molecule has 0 spiro atoms. The van der Waals surface area contributed by atoms with Gasteiger partial charge in [0.15, 0.2) is 0 Å². The number of unbranched alkanes of at least 4 members (excludes halogenated alkanes) is 1. The summed E-state index contributed by atoms with van der Waals surface area (Å²) in [4.78, 5) is 18.0. The zero-order valence-corrected chi connectivity index (χ0v) is 8.95. The highest BCUT2D eigenvalue weighted by Crippen LogP contribution is 2.08. The Morgan fingerprint density at radius 2 is 2.29 bits per heavy atom. The molecular weight excluding hydrogens is 180 g/mol. The third-order valence-electron chi connectivity index (χ3n) is 2.36. The minimum absolute atomic E-state index is 0.559. The Labute approximate surface area is 85.1 Å². The van der Waals surface area contributed by atoms with Gasteiger partial charge in [0.2, 0.25) is 0 Å². The number of hydroxylamine groups is 2. The SMILES string of the molecule is CCCCON1CCN(C)C(=C=O)C1. The molecular formula is C10H18N2O2. The van der Waals surface area contributed by atoms with Gasteiger partial charge in [-0.05, 0) is 6.42 Å². The maximum atomic E-state index is 10.6. The van der Waals surface area contributed by atoms with Gasteiger partial charge in [0.25, 0.3) is 0 Å². The van der Waals surface area contributed by atoms with Gasteiger partial charge < -0.3 is 4.90 Å². The summed E-state index contributed by atoms with van der Waals surface area (Å²) in [6, 6.07) is 0. The van der Waals surface area contributed by atoms with Gasteiger partial charge in [0.05, 0.1) is 13.2 Å². The minimum atomic E-state index is 0.559. The van der Waals surface area contributed by atoms with E-state index in [1.54, 1.807) is 0 Å². The van der Waals surface area contributed by atoms with Crippen LogP contribution in [0.25, 0.3) is 0 Å². The minimum Gasteiger partial charge on any atom is -0.366 e. The van der Waals surface area contributed by atoms with E-state index >= 15 is 0 Å². The summed E-state index contributed by atoms with van der Waals surface area (Å²) < 4.78 is 0. The van der Waals surface area contributed by atoms with E-state index in [1.807, 2.05) is 23.0 Å². The van der Waals surface area contributed by atoms with Crippen molar-refractivity contribution >= 4 is 5.94 Å². The van der Waals surface area contributed by atoms with Crippen molar-refractivity contribution in [2.24, 2.45) is 0 Å². The van der Waals surface area contributed by atoms with E-state index < -0.39 is 0 Å². The lowest BCUT2D eigenvalue weighted by atomic mass is 10.3. The highest BCUT2D eigenvalue weighted by Gasteiger charge is 2.19. The van der Waals surface area contributed by atoms with Crippen LogP contribution in [0.1, 0.15) is 19.8 Å². The number of piperazine rings is 1. The summed E-state index contributed by atoms with van der Waals surface area (Å²) in [6.45, 7) is 5.11. The Balaban J connectivity index is 2.32. The first-order valence-electron chi connectivity index (χ1n) is 5.11. The molecule has 0 aromatic carbocycles. The van der Waals surface area contributed by atoms with E-state index in [1.165, 1.54) is 0 Å². The van der Waals surface area contributed by atoms with Gasteiger partial charge in [-0.2, -0.15) is 5.06 Å². The maximum Gasteiger partial charge on any atom is 0.147 e. The van der Waals surface area contributed by atoms with Crippen molar-refractivity contribution in [3.63, 3.8) is 0 Å². The van der Waals surface area contributed by atoms with Crippen molar-refractivity contribution in [3.05, 3.63) is 5.70 Å². The van der Waals surface area contributed by atoms with Crippen molar-refractivity contribution in [2.45, 2.75) is 19.8 Å². The first-order valence-corrected chi connectivity index (χ1v) is 5.11. The number of likely N-dealkylation sites (N-methyl/N-ethyl adjacent to an activating group) is 1. The smallest absolute Gasteiger partial charge is 0.147 e. The van der Waals surface area contributed by atoms with Gasteiger partial charge in [0.1, 0.15) is 11.6 Å². The monoisotopic (exact) mass is 198 g/mol. The average Bonchev–Trinajstić information content (AvgIpc) is 2.21. The molecule has 0 amide bonds. The van der Waals surface area contributed by atoms with Crippen molar-refractivity contribution in [3.8, 4) is 0 Å². The molecule has 1 heterocycles. The quantitative estimate of drug-likeness (QED) is 0.491. The number of nitrogens with zero attached hydrogens (tertiary/aromatic N) is 2. The van der Waals surface area contributed by atoms with Crippen LogP contribution in [0.5, 0.6) is 0 Å². The molecule has 1 fully saturated rings. The van der Waals surface area contributed by atoms with Gasteiger partial charge >= 0.3 is 0 Å². The summed E-state index contributed by atoms with van der Waals surface area (Å²) in [7, 11) is 1.91. The fraction of sp³-hybridized carbons (Fsp3) is 0.800. The van der Waals surface area contributed by atoms with Crippen molar-refractivity contribution in [2.75, 3.05) is 33.3 Å². The molecule has 0 bridgehead atoms. The second kappa shape index (κ2) is 5.81. The highest BCUT2D eigenvalue weighted by atomic mass is 16.7. The largest absolute Gasteiger partial charge is 0.366 e. The molecule has 4 heteroatoms. The van der Waals surface area contributed by atoms with Crippen LogP contribution in [0.2, 0.25) is 0 Å². The maximum absolute atomic E-state index is 10.6. The summed E-state index contributed by atoms with van der Waals surface area (Å²) in [5, 5.41) is 1.84. The molecule has 1 rings (SSSR count). The standard InChI is InChI=1S/C10H18N2O2/c1-3-4-7-14-12-6-5-11(2)10(8-12)9-13/h3-8H2,1-2H3. The lowest BCUT2D eigenvalue weighted by Crippen LogP contribution is -2.43. The summed E-state index contributed by atoms with van der Waals surface area (Å²) >= 11 is 0. The van der Waals surface area contributed by atoms with Gasteiger partial charge in [-0.3, -0.25) is 4.84 Å². The van der Waals surface area contributed by atoms with Crippen LogP contribution >= 0.6 is 0 Å². The zero-order chi connectivity index (χ0) is 10.4. The Hall–Kier alpha value is -0.830. The number of hydrogen-bond donors (Lipinski definition) is 0. The zero-order valence-electron chi connectivity index (χ0n) is 8.95. The third-order valence-corrected chi connectivity index (χ3v) is 2.36. The van der Waals surface area contributed by atoms with E-state index in [2.05, 4.69) is 6.92 Å². The van der Waals surface area contributed by atoms with E-state index in [0.717, 1.165) is 32.5 Å². The van der Waals surface area contributed by atoms with Crippen LogP contribution in [0, 0.1) is 0 Å². The molecule has 0 aromatic heterocycles. The molecule has 14 heavy (non-hydrogen) atoms. The second-order valence-corrected chi connectivity index (χ2v) is 3.52. The summed E-state index contributed by atoms with van der Waals surface area (Å²) in [6.07, 6.45) is 2.19. The van der Waals surface area contributed by atoms with Crippen LogP contribution in [-0.4, -0.2) is 49.2 Å². The molecule has 4 nitrogen and oxygen atoms in total. The van der Waals surface area contributed by atoms with Crippen LogP contribution in [0.3, 0.4) is 0 Å². The van der Waals surface area contributed by atoms with E-state index in [9.17, 15) is 4.79 Å². The average molecular weight is 198 g/mol. The molecule has 1 saturated heterocycles. The van der Waals surface area contributed by atoms with Crippen molar-refractivity contribution in [1.29, 1.82) is 0 Å². The molecule has 0 unspecified atom stereocenters. The number of hydrogen-bond acceptors (Lipinski definition) is 4. The molecule has 0 atom stereocenters. The van der Waals surface area contributed by atoms with Gasteiger partial charge in [-0.15, -0.1) is 0 Å². The fourth-order valence-electron chi connectivity index (χ4n) is 1.32. The Kier molecular flexibility index (Phi) is 4.66. The molecule has 0 saturated carbocycles. The Bertz CT molecular complexity index is 224. The summed E-state index contributed by atoms with van der Waals surface area (Å²) in [5.41, 5.74) is 0.674. The lowest BCUT2D eigenvalue weighted by molar-refractivity contribution is -0.166. The van der Waals surface area contributed by atoms with Crippen LogP contribution in [0.15, 0.2) is 5.70 Å². The molecule has 1 aliphatic heterocycles. The van der Waals surface area contributed by atoms with Crippen molar-refractivity contribution in [1.82, 2.24) is 9.96 Å². The first-order chi connectivity index (χ1) is 6.77. The molecule has 0 aliphatic carbocycles. The summed E-state index contributed by atoms with van der Waals surface area (Å²) in [5.74, 6) is 1.94. The van der Waals surface area contributed by atoms with Crippen LogP contribution in [-0.2, 0) is 9.63 Å². The number of rotatable bonds is 4. The van der Waals surface area contributed by atoms with Crippen molar-refractivity contribution < 1.29 is 9.63 Å². The lowest BCUT2D eigenvalue weighted by Gasteiger charge is -2.32. The van der Waals surface area contributed by atoms with Gasteiger partial charge in [-0.25, -0.2) is 4.79 Å². The van der Waals surface area contributed by atoms with E-state index in [4.69, 9.17) is 4.84 Å². The molecule has 0 radical (unpaired) electrons. The normalized spacial score (nSPS) is 18.4. The van der Waals surface area contributed by atoms with Gasteiger partial charge in [-0.1, -0.05) is 13.3 Å². The molecule has 80 valence electrons. The Morgan fingerprint density at radius 1 is 1.50 bits per heavy atom. The first kappa shape index (κ1) is 11.2. The van der Waals surface area contributed by atoms with Crippen LogP contribution in [0.4, 0.5) is 0 Å². The van der Waals surface area contributed by atoms with Crippen LogP contribution < -0.4 is 0 Å². The molecule has 0 aromatic rings. The predicted molar refractivity (Wildman–Crippen MR) is 54.3 cm³/mol. The predicted octanol–water partition coefficient (Wildman–Crippen LogP) is 0.681. The molecule has 0 N–H and O–H groups in total. The molecule has 1 aliphatic rings. The highest BCUT2D eigenvalue weighted by molar-refractivity contribution is 5.52. The third kappa shape index (κ3) is 3.14. The Morgan fingerprint density at radius 3 is 2.93 bits per heavy atom. The number of carbonyl (C=O) groups excluding carboxylic acids is 1. The topological polar surface area (TPSA) is 32.8 Å². The van der Waals surface area contributed by atoms with E-state index in [0.29, 0.717) is 12.2 Å².